The van der Waals surface area contributed by atoms with Crippen LogP contribution >= 0.6 is 11.3 Å². The molecule has 0 radical (unpaired) electrons. The Bertz CT molecular complexity index is 967. The van der Waals surface area contributed by atoms with E-state index in [0.717, 1.165) is 19.4 Å². The van der Waals surface area contributed by atoms with Crippen molar-refractivity contribution in [2.24, 2.45) is 5.92 Å². The lowest BCUT2D eigenvalue weighted by atomic mass is 9.97. The fraction of sp³-hybridized carbons (Fsp3) is 0.600. The quantitative estimate of drug-likeness (QED) is 0.682. The molecule has 2 N–H and O–H groups in total. The van der Waals surface area contributed by atoms with Gasteiger partial charge in [0, 0.05) is 0 Å². The van der Waals surface area contributed by atoms with Gasteiger partial charge in [0.25, 0.3) is 5.56 Å². The minimum Gasteiger partial charge on any atom is -0.466 e. The van der Waals surface area contributed by atoms with Gasteiger partial charge in [0.2, 0.25) is 0 Å². The van der Waals surface area contributed by atoms with Crippen LogP contribution in [0.15, 0.2) is 4.79 Å². The molecule has 0 aliphatic carbocycles. The molecule has 2 aromatic rings. The lowest BCUT2D eigenvalue weighted by Crippen LogP contribution is -3.13. The maximum absolute atomic E-state index is 12.7. The molecule has 3 atom stereocenters. The summed E-state index contributed by atoms with van der Waals surface area (Å²) >= 11 is 1.19. The van der Waals surface area contributed by atoms with Crippen LogP contribution in [-0.4, -0.2) is 48.2 Å². The predicted octanol–water partition coefficient (Wildman–Crippen LogP) is 1.39. The summed E-state index contributed by atoms with van der Waals surface area (Å²) in [6.07, 6.45) is 1.74. The maximum atomic E-state index is 12.7. The van der Waals surface area contributed by atoms with Crippen LogP contribution in [0.1, 0.15) is 60.7 Å². The smallest absolute Gasteiger partial charge is 0.348 e. The average molecular weight is 423 g/mol. The third-order valence-corrected chi connectivity index (χ3v) is 6.65. The van der Waals surface area contributed by atoms with Gasteiger partial charge in [-0.1, -0.05) is 0 Å². The van der Waals surface area contributed by atoms with E-state index in [2.05, 4.69) is 9.97 Å². The molecule has 9 heteroatoms. The molecule has 3 rings (SSSR count). The van der Waals surface area contributed by atoms with E-state index in [9.17, 15) is 14.4 Å². The summed E-state index contributed by atoms with van der Waals surface area (Å²) in [5, 5.41) is 0.437. The molecule has 1 fully saturated rings. The van der Waals surface area contributed by atoms with Crippen molar-refractivity contribution >= 4 is 33.5 Å². The van der Waals surface area contributed by atoms with Gasteiger partial charge >= 0.3 is 11.9 Å². The minimum absolute atomic E-state index is 0.0854. The number of esters is 2. The van der Waals surface area contributed by atoms with Crippen molar-refractivity contribution in [1.82, 2.24) is 9.97 Å². The van der Waals surface area contributed by atoms with Crippen molar-refractivity contribution in [3.05, 3.63) is 26.6 Å². The second-order valence-electron chi connectivity index (χ2n) is 7.33. The number of thiophene rings is 1. The normalized spacial score (nSPS) is 20.4. The van der Waals surface area contributed by atoms with Crippen molar-refractivity contribution in [2.75, 3.05) is 26.3 Å². The first-order valence-electron chi connectivity index (χ1n) is 10.1. The van der Waals surface area contributed by atoms with Gasteiger partial charge in [0.15, 0.2) is 5.82 Å². The van der Waals surface area contributed by atoms with E-state index in [1.807, 2.05) is 13.8 Å². The zero-order valence-electron chi connectivity index (χ0n) is 17.3. The number of nitrogens with zero attached hydrogens (tertiary/aromatic N) is 1. The van der Waals surface area contributed by atoms with E-state index in [4.69, 9.17) is 9.47 Å². The Morgan fingerprint density at radius 1 is 1.31 bits per heavy atom. The second kappa shape index (κ2) is 9.04. The molecule has 3 heterocycles. The van der Waals surface area contributed by atoms with Crippen LogP contribution in [0.2, 0.25) is 0 Å². The van der Waals surface area contributed by atoms with Gasteiger partial charge in [0.05, 0.1) is 31.7 Å². The number of H-pyrrole nitrogens is 1. The molecule has 1 aliphatic rings. The van der Waals surface area contributed by atoms with Gasteiger partial charge in [-0.3, -0.25) is 9.59 Å². The maximum Gasteiger partial charge on any atom is 0.348 e. The van der Waals surface area contributed by atoms with Crippen LogP contribution in [0.4, 0.5) is 0 Å². The fourth-order valence-electron chi connectivity index (χ4n) is 3.90. The summed E-state index contributed by atoms with van der Waals surface area (Å²) in [4.78, 5) is 46.7. The number of nitrogens with one attached hydrogen (secondary N) is 2. The predicted molar refractivity (Wildman–Crippen MR) is 109 cm³/mol. The number of likely N-dealkylation sites (tertiary alicyclic amines) is 1. The summed E-state index contributed by atoms with van der Waals surface area (Å²) in [6, 6.07) is -0.0854. The standard InChI is InChI=1S/C20H27N3O5S/c1-5-27-19(25)13-8-7-9-23(10-13)12(4)16-21-17(24)14-11(3)15(20(26)28-6-2)29-18(14)22-16/h12-13H,5-10H2,1-4H3,(H,21,22,24)/p+1/t12-,13-/m0/s1. The molecular formula is C20H28N3O5S+. The van der Waals surface area contributed by atoms with E-state index in [1.165, 1.54) is 16.2 Å². The van der Waals surface area contributed by atoms with Crippen LogP contribution in [0.5, 0.6) is 0 Å². The molecule has 29 heavy (non-hydrogen) atoms. The number of aromatic amines is 1. The summed E-state index contributed by atoms with van der Waals surface area (Å²) < 4.78 is 10.3. The Morgan fingerprint density at radius 2 is 2.03 bits per heavy atom. The molecule has 2 aromatic heterocycles. The molecule has 0 bridgehead atoms. The van der Waals surface area contributed by atoms with Crippen molar-refractivity contribution < 1.29 is 24.0 Å². The number of rotatable bonds is 6. The molecule has 1 aliphatic heterocycles. The van der Waals surface area contributed by atoms with Crippen molar-refractivity contribution in [1.29, 1.82) is 0 Å². The Balaban J connectivity index is 1.88. The van der Waals surface area contributed by atoms with Crippen molar-refractivity contribution in [3.63, 3.8) is 0 Å². The first-order valence-corrected chi connectivity index (χ1v) is 10.9. The topological polar surface area (TPSA) is 103 Å². The summed E-state index contributed by atoms with van der Waals surface area (Å²) in [5.74, 6) is -0.141. The Labute approximate surface area is 173 Å². The van der Waals surface area contributed by atoms with Crippen LogP contribution in [-0.2, 0) is 14.3 Å². The van der Waals surface area contributed by atoms with Crippen LogP contribution in [0.3, 0.4) is 0 Å². The van der Waals surface area contributed by atoms with Crippen molar-refractivity contribution in [3.8, 4) is 0 Å². The number of carbonyl (C=O) groups excluding carboxylic acids is 2. The summed E-state index contributed by atoms with van der Waals surface area (Å²) in [5.41, 5.74) is 0.351. The van der Waals surface area contributed by atoms with E-state index in [-0.39, 0.29) is 30.1 Å². The molecule has 1 unspecified atom stereocenters. The number of ether oxygens (including phenoxy) is 2. The summed E-state index contributed by atoms with van der Waals surface area (Å²) in [7, 11) is 0. The summed E-state index contributed by atoms with van der Waals surface area (Å²) in [6.45, 7) is 9.51. The number of carbonyl (C=O) groups is 2. The van der Waals surface area contributed by atoms with Gasteiger partial charge in [-0.15, -0.1) is 11.3 Å². The first-order chi connectivity index (χ1) is 13.9. The average Bonchev–Trinajstić information content (AvgIpc) is 3.05. The van der Waals surface area contributed by atoms with Gasteiger partial charge < -0.3 is 19.4 Å². The third kappa shape index (κ3) is 4.35. The number of aromatic nitrogens is 2. The molecule has 8 nitrogen and oxygen atoms in total. The number of aryl methyl sites for hydroxylation is 1. The van der Waals surface area contributed by atoms with E-state index >= 15 is 0 Å². The number of hydrogen-bond donors (Lipinski definition) is 2. The van der Waals surface area contributed by atoms with Crippen molar-refractivity contribution in [2.45, 2.75) is 46.6 Å². The molecule has 0 aromatic carbocycles. The number of fused-ring (bicyclic) bond motifs is 1. The highest BCUT2D eigenvalue weighted by Gasteiger charge is 2.34. The third-order valence-electron chi connectivity index (χ3n) is 5.48. The van der Waals surface area contributed by atoms with Crippen LogP contribution < -0.4 is 10.5 Å². The SMILES string of the molecule is CCOC(=O)c1sc2nc([C@H](C)[NH+]3CCC[C@H](C(=O)OCC)C3)[nH]c(=O)c2c1C. The molecule has 158 valence electrons. The number of hydrogen-bond acceptors (Lipinski definition) is 7. The highest BCUT2D eigenvalue weighted by Crippen LogP contribution is 2.28. The molecule has 0 saturated carbocycles. The second-order valence-corrected chi connectivity index (χ2v) is 8.33. The lowest BCUT2D eigenvalue weighted by Gasteiger charge is -2.32. The van der Waals surface area contributed by atoms with Gasteiger partial charge in [-0.2, -0.15) is 0 Å². The van der Waals surface area contributed by atoms with Gasteiger partial charge in [0.1, 0.15) is 21.7 Å². The highest BCUT2D eigenvalue weighted by atomic mass is 32.1. The van der Waals surface area contributed by atoms with Gasteiger partial charge in [-0.25, -0.2) is 9.78 Å². The Hall–Kier alpha value is -2.26. The van der Waals surface area contributed by atoms with Crippen LogP contribution in [0, 0.1) is 12.8 Å². The monoisotopic (exact) mass is 422 g/mol. The van der Waals surface area contributed by atoms with E-state index < -0.39 is 5.97 Å². The lowest BCUT2D eigenvalue weighted by molar-refractivity contribution is -0.937. The Morgan fingerprint density at radius 3 is 2.72 bits per heavy atom. The molecule has 1 saturated heterocycles. The van der Waals surface area contributed by atoms with E-state index in [0.29, 0.717) is 39.6 Å². The first kappa shape index (κ1) is 21.4. The molecule has 0 spiro atoms. The highest BCUT2D eigenvalue weighted by molar-refractivity contribution is 7.20. The minimum atomic E-state index is -0.430. The Kier molecular flexibility index (Phi) is 6.69. The number of quaternary nitrogens is 1. The number of piperidine rings is 1. The zero-order chi connectivity index (χ0) is 21.1. The van der Waals surface area contributed by atoms with Crippen LogP contribution in [0.25, 0.3) is 10.2 Å². The zero-order valence-corrected chi connectivity index (χ0v) is 18.1. The molecular weight excluding hydrogens is 394 g/mol. The molecule has 0 amide bonds. The fourth-order valence-corrected chi connectivity index (χ4v) is 4.98. The van der Waals surface area contributed by atoms with E-state index in [1.54, 1.807) is 13.8 Å². The largest absolute Gasteiger partial charge is 0.466 e. The van der Waals surface area contributed by atoms with Gasteiger partial charge in [-0.05, 0) is 46.1 Å².